The van der Waals surface area contributed by atoms with Gasteiger partial charge in [-0.1, -0.05) is 0 Å². The lowest BCUT2D eigenvalue weighted by molar-refractivity contribution is -0.146. The zero-order valence-electron chi connectivity index (χ0n) is 17.1. The molecule has 2 aliphatic rings. The van der Waals surface area contributed by atoms with Gasteiger partial charge in [-0.2, -0.15) is 0 Å². The molecule has 1 aromatic carbocycles. The predicted molar refractivity (Wildman–Crippen MR) is 113 cm³/mol. The molecule has 4 amide bonds. The van der Waals surface area contributed by atoms with Crippen molar-refractivity contribution in [3.05, 3.63) is 35.3 Å². The highest BCUT2D eigenvalue weighted by atomic mass is 32.1. The Morgan fingerprint density at radius 3 is 2.23 bits per heavy atom. The van der Waals surface area contributed by atoms with Gasteiger partial charge in [-0.25, -0.2) is 4.98 Å². The van der Waals surface area contributed by atoms with E-state index in [0.29, 0.717) is 31.9 Å². The van der Waals surface area contributed by atoms with Gasteiger partial charge in [0.2, 0.25) is 17.7 Å². The monoisotopic (exact) mass is 442 g/mol. The van der Waals surface area contributed by atoms with Crippen molar-refractivity contribution < 1.29 is 23.9 Å². The molecule has 9 nitrogen and oxygen atoms in total. The Kier molecular flexibility index (Phi) is 5.99. The molecule has 0 N–H and O–H groups in total. The Morgan fingerprint density at radius 1 is 1.00 bits per heavy atom. The third kappa shape index (κ3) is 4.43. The number of hydrogen-bond donors (Lipinski definition) is 0. The van der Waals surface area contributed by atoms with E-state index < -0.39 is 0 Å². The third-order valence-corrected chi connectivity index (χ3v) is 6.32. The molecule has 162 valence electrons. The molecule has 0 saturated carbocycles. The van der Waals surface area contributed by atoms with Gasteiger partial charge >= 0.3 is 0 Å². The Labute approximate surface area is 183 Å². The van der Waals surface area contributed by atoms with Gasteiger partial charge in [0.1, 0.15) is 23.0 Å². The molecule has 2 aliphatic heterocycles. The molecule has 0 atom stereocenters. The minimum atomic E-state index is -0.302. The van der Waals surface area contributed by atoms with Crippen LogP contribution >= 0.6 is 11.3 Å². The lowest BCUT2D eigenvalue weighted by atomic mass is 10.2. The van der Waals surface area contributed by atoms with Gasteiger partial charge in [0.05, 0.1) is 7.11 Å². The van der Waals surface area contributed by atoms with Crippen LogP contribution in [0.1, 0.15) is 23.3 Å². The first-order chi connectivity index (χ1) is 15.0. The number of amides is 4. The summed E-state index contributed by atoms with van der Waals surface area (Å²) < 4.78 is 5.16. The number of methoxy groups -OCH3 is 1. The second-order valence-corrected chi connectivity index (χ2v) is 8.17. The fourth-order valence-corrected chi connectivity index (χ4v) is 4.39. The molecule has 0 radical (unpaired) electrons. The second kappa shape index (κ2) is 8.84. The Morgan fingerprint density at radius 2 is 1.61 bits per heavy atom. The zero-order valence-corrected chi connectivity index (χ0v) is 17.9. The van der Waals surface area contributed by atoms with Crippen LogP contribution in [0.15, 0.2) is 29.6 Å². The third-order valence-electron chi connectivity index (χ3n) is 5.43. The summed E-state index contributed by atoms with van der Waals surface area (Å²) in [6.45, 7) is 1.25. The standard InChI is InChI=1S/C21H22N4O5S/c1-30-15-4-2-14(3-5-15)20-22-16(13-31-20)21(29)24-10-8-23(9-11-24)19(28)12-25-17(26)6-7-18(25)27/h2-5,13H,6-12H2,1H3. The highest BCUT2D eigenvalue weighted by Gasteiger charge is 2.33. The van der Waals surface area contributed by atoms with Gasteiger partial charge in [-0.15, -0.1) is 11.3 Å². The summed E-state index contributed by atoms with van der Waals surface area (Å²) in [6, 6.07) is 7.48. The number of nitrogens with zero attached hydrogens (tertiary/aromatic N) is 4. The summed E-state index contributed by atoms with van der Waals surface area (Å²) >= 11 is 1.40. The predicted octanol–water partition coefficient (Wildman–Crippen LogP) is 1.25. The van der Waals surface area contributed by atoms with Crippen LogP contribution < -0.4 is 4.74 Å². The quantitative estimate of drug-likeness (QED) is 0.646. The molecule has 2 fully saturated rings. The summed E-state index contributed by atoms with van der Waals surface area (Å²) in [5.41, 5.74) is 1.29. The highest BCUT2D eigenvalue weighted by Crippen LogP contribution is 2.26. The van der Waals surface area contributed by atoms with Crippen molar-refractivity contribution in [2.75, 3.05) is 39.8 Å². The van der Waals surface area contributed by atoms with E-state index in [9.17, 15) is 19.2 Å². The second-order valence-electron chi connectivity index (χ2n) is 7.31. The molecule has 2 saturated heterocycles. The Balaban J connectivity index is 1.33. The maximum Gasteiger partial charge on any atom is 0.273 e. The van der Waals surface area contributed by atoms with Crippen LogP contribution in [-0.4, -0.2) is 83.1 Å². The van der Waals surface area contributed by atoms with E-state index in [-0.39, 0.29) is 43.0 Å². The van der Waals surface area contributed by atoms with Gasteiger partial charge in [-0.05, 0) is 24.3 Å². The first-order valence-corrected chi connectivity index (χ1v) is 10.8. The van der Waals surface area contributed by atoms with Crippen molar-refractivity contribution in [2.45, 2.75) is 12.8 Å². The number of carbonyl (C=O) groups excluding carboxylic acids is 4. The average Bonchev–Trinajstić information content (AvgIpc) is 3.41. The van der Waals surface area contributed by atoms with Crippen molar-refractivity contribution in [1.29, 1.82) is 0 Å². The van der Waals surface area contributed by atoms with Gasteiger partial charge in [-0.3, -0.25) is 24.1 Å². The number of benzene rings is 1. The molecule has 0 aliphatic carbocycles. The number of aromatic nitrogens is 1. The molecular weight excluding hydrogens is 420 g/mol. The first kappa shape index (κ1) is 21.0. The number of hydrogen-bond acceptors (Lipinski definition) is 7. The number of ether oxygens (including phenoxy) is 1. The van der Waals surface area contributed by atoms with Crippen LogP contribution in [0, 0.1) is 0 Å². The number of thiazole rings is 1. The van der Waals surface area contributed by atoms with Crippen molar-refractivity contribution in [1.82, 2.24) is 19.7 Å². The molecule has 0 unspecified atom stereocenters. The van der Waals surface area contributed by atoms with Gasteiger partial charge in [0, 0.05) is 50.0 Å². The van der Waals surface area contributed by atoms with Crippen molar-refractivity contribution in [3.63, 3.8) is 0 Å². The molecule has 0 spiro atoms. The van der Waals surface area contributed by atoms with E-state index >= 15 is 0 Å². The summed E-state index contributed by atoms with van der Waals surface area (Å²) in [7, 11) is 1.61. The van der Waals surface area contributed by atoms with Crippen LogP contribution in [0.25, 0.3) is 10.6 Å². The Hall–Kier alpha value is -3.27. The van der Waals surface area contributed by atoms with Crippen LogP contribution in [0.3, 0.4) is 0 Å². The molecule has 0 bridgehead atoms. The minimum Gasteiger partial charge on any atom is -0.497 e. The normalized spacial score (nSPS) is 16.7. The molecular formula is C21H22N4O5S. The maximum atomic E-state index is 12.8. The zero-order chi connectivity index (χ0) is 22.0. The molecule has 10 heteroatoms. The van der Waals surface area contributed by atoms with Crippen LogP contribution in [-0.2, 0) is 14.4 Å². The summed E-state index contributed by atoms with van der Waals surface area (Å²) in [5, 5.41) is 2.49. The largest absolute Gasteiger partial charge is 0.497 e. The van der Waals surface area contributed by atoms with Gasteiger partial charge in [0.15, 0.2) is 0 Å². The molecule has 4 rings (SSSR count). The molecule has 1 aromatic heterocycles. The number of rotatable bonds is 5. The fraction of sp³-hybridized carbons (Fsp3) is 0.381. The van der Waals surface area contributed by atoms with Crippen LogP contribution in [0.2, 0.25) is 0 Å². The molecule has 31 heavy (non-hydrogen) atoms. The van der Waals surface area contributed by atoms with Crippen molar-refractivity contribution in [2.24, 2.45) is 0 Å². The fourth-order valence-electron chi connectivity index (χ4n) is 3.59. The average molecular weight is 442 g/mol. The van der Waals surface area contributed by atoms with Crippen LogP contribution in [0.4, 0.5) is 0 Å². The number of carbonyl (C=O) groups is 4. The lowest BCUT2D eigenvalue weighted by Crippen LogP contribution is -2.53. The Bertz CT molecular complexity index is 995. The SMILES string of the molecule is COc1ccc(-c2nc(C(=O)N3CCN(C(=O)CN4C(=O)CCC4=O)CC3)cs2)cc1. The number of likely N-dealkylation sites (tertiary alicyclic amines) is 1. The van der Waals surface area contributed by atoms with E-state index in [4.69, 9.17) is 4.74 Å². The maximum absolute atomic E-state index is 12.8. The first-order valence-electron chi connectivity index (χ1n) is 9.96. The van der Waals surface area contributed by atoms with E-state index in [2.05, 4.69) is 4.98 Å². The summed E-state index contributed by atoms with van der Waals surface area (Å²) in [4.78, 5) is 57.5. The van der Waals surface area contributed by atoms with Gasteiger partial charge < -0.3 is 14.5 Å². The topological polar surface area (TPSA) is 100 Å². The summed E-state index contributed by atoms with van der Waals surface area (Å²) in [5.74, 6) is -0.298. The highest BCUT2D eigenvalue weighted by molar-refractivity contribution is 7.13. The van der Waals surface area contributed by atoms with Crippen molar-refractivity contribution in [3.8, 4) is 16.3 Å². The molecule has 3 heterocycles. The van der Waals surface area contributed by atoms with E-state index in [1.165, 1.54) is 11.3 Å². The van der Waals surface area contributed by atoms with E-state index in [1.54, 1.807) is 22.3 Å². The minimum absolute atomic E-state index is 0.167. The smallest absolute Gasteiger partial charge is 0.273 e. The number of piperazine rings is 1. The number of imide groups is 1. The summed E-state index contributed by atoms with van der Waals surface area (Å²) in [6.07, 6.45) is 0.334. The lowest BCUT2D eigenvalue weighted by Gasteiger charge is -2.35. The van der Waals surface area contributed by atoms with E-state index in [1.807, 2.05) is 24.3 Å². The van der Waals surface area contributed by atoms with Crippen LogP contribution in [0.5, 0.6) is 5.75 Å². The van der Waals surface area contributed by atoms with E-state index in [0.717, 1.165) is 21.2 Å². The van der Waals surface area contributed by atoms with Gasteiger partial charge in [0.25, 0.3) is 5.91 Å². The van der Waals surface area contributed by atoms with Crippen molar-refractivity contribution >= 4 is 35.0 Å². The molecule has 2 aromatic rings.